The van der Waals surface area contributed by atoms with Gasteiger partial charge in [0.2, 0.25) is 0 Å². The van der Waals surface area contributed by atoms with E-state index in [0.29, 0.717) is 0 Å². The van der Waals surface area contributed by atoms with Gasteiger partial charge in [0.1, 0.15) is 0 Å². The molecule has 0 heterocycles. The smallest absolute Gasteiger partial charge is 0.0683 e. The van der Waals surface area contributed by atoms with E-state index in [-0.39, 0.29) is 401 Å². The summed E-state index contributed by atoms with van der Waals surface area (Å²) in [6.07, 6.45) is 0. The first-order chi connectivity index (χ1) is 6.00. The summed E-state index contributed by atoms with van der Waals surface area (Å²) in [5.74, 6) is 0. The van der Waals surface area contributed by atoms with Gasteiger partial charge < -0.3 is 0 Å². The fraction of sp³-hybridized carbons (Fsp3) is 1.00. The average Bonchev–Trinajstić information content (AvgIpc) is 2.33. The topological polar surface area (TPSA) is 0 Å². The van der Waals surface area contributed by atoms with Crippen LogP contribution in [0.4, 0.5) is 0 Å². The van der Waals surface area contributed by atoms with Crippen LogP contribution in [-0.4, -0.2) is 0 Å². The zero-order valence-electron chi connectivity index (χ0n) is 12.0. The van der Waals surface area contributed by atoms with Crippen molar-refractivity contribution in [2.75, 3.05) is 0 Å². The molecule has 0 nitrogen and oxygen atoms in total. The first-order valence-electron chi connectivity index (χ1n) is 6.00. The molecule has 0 aliphatic heterocycles. The highest BCUT2D eigenvalue weighted by atomic mass is 13.0. The summed E-state index contributed by atoms with van der Waals surface area (Å²) in [5.41, 5.74) is 0. The van der Waals surface area contributed by atoms with Crippen molar-refractivity contribution < 1.29 is 0 Å². The van der Waals surface area contributed by atoms with E-state index in [0.717, 1.165) is 0 Å². The van der Waals surface area contributed by atoms with Crippen LogP contribution in [0.5, 0.6) is 0 Å². The van der Waals surface area contributed by atoms with E-state index >= 15 is 0 Å². The normalized spacial score (nSPS) is 0.545. The van der Waals surface area contributed by atoms with E-state index in [9.17, 15) is 0 Å². The summed E-state index contributed by atoms with van der Waals surface area (Å²) in [7, 11) is 0. The molecular weight excluding hydrogens is 793 g/mol. The zero-order valence-corrected chi connectivity index (χ0v) is 12.0. The van der Waals surface area contributed by atoms with Gasteiger partial charge in [-0.3, -0.25) is 0 Å². The first kappa shape index (κ1) is 7750. The van der Waals surface area contributed by atoms with Crippen molar-refractivity contribution in [1.29, 1.82) is 0 Å². The molecule has 0 saturated carbocycles. The van der Waals surface area contributed by atoms with E-state index in [1.165, 1.54) is 0 Å². The van der Waals surface area contributed by atoms with Crippen molar-refractivity contribution in [2.24, 2.45) is 0 Å². The maximum Gasteiger partial charge on any atom is -0.0683 e. The summed E-state index contributed by atoms with van der Waals surface area (Å²) in [6, 6.07) is 0. The van der Waals surface area contributed by atoms with Gasteiger partial charge in [-0.05, 0) is 0 Å². The van der Waals surface area contributed by atoms with E-state index in [4.69, 9.17) is 0 Å². The zero-order chi connectivity index (χ0) is 12.0. The molecule has 0 N–H and O–H groups in total. The van der Waals surface area contributed by atoms with E-state index in [1.807, 2.05) is 83.1 Å². The van der Waals surface area contributed by atoms with Crippen molar-refractivity contribution in [2.45, 2.75) is 484 Å². The molecule has 0 atom stereocenters. The fourth-order valence-corrected chi connectivity index (χ4v) is 0. The molecule has 0 radical (unpaired) electrons. The minimum Gasteiger partial charge on any atom is -0.0776 e. The van der Waals surface area contributed by atoms with Crippen molar-refractivity contribution in [3.63, 3.8) is 0 Å². The SMILES string of the molecule is C.C.C.C.C.C.C.C.C.C.C.C.C.C.C.C.C.C.C.C.C.C.C.C.C.C.C.C.C.C.C.C.C.C.C.C.C.C.C.C.C.C.C.C.C.C.C.C.C.C.C.C.C.C.CC.CC.CC.CC.CC.CC. The minimum absolute atomic E-state index is 0. The van der Waals surface area contributed by atoms with Gasteiger partial charge in [-0.25, -0.2) is 0 Å². The summed E-state index contributed by atoms with van der Waals surface area (Å²) in [4.78, 5) is 0. The molecule has 0 saturated heterocycles. The highest BCUT2D eigenvalue weighted by Crippen LogP contribution is 1.15. The Morgan fingerprint density at radius 3 is 0.0455 bits per heavy atom. The highest BCUT2D eigenvalue weighted by Gasteiger charge is 0.942. The van der Waals surface area contributed by atoms with Gasteiger partial charge in [0.05, 0.1) is 0 Å². The summed E-state index contributed by atoms with van der Waals surface area (Å²) >= 11 is 0. The molecule has 516 valence electrons. The lowest BCUT2D eigenvalue weighted by Crippen LogP contribution is -0.856. The van der Waals surface area contributed by atoms with Crippen molar-refractivity contribution >= 4 is 0 Å². The maximum absolute atomic E-state index is 2.00. The number of hydrogen-bond donors (Lipinski definition) is 0. The Morgan fingerprint density at radius 2 is 0.0455 bits per heavy atom. The Balaban J connectivity index is -0.0000000000970. The van der Waals surface area contributed by atoms with Crippen molar-refractivity contribution in [3.05, 3.63) is 0 Å². The minimum atomic E-state index is 0. The van der Waals surface area contributed by atoms with Crippen LogP contribution in [0.1, 0.15) is 484 Å². The van der Waals surface area contributed by atoms with Gasteiger partial charge in [-0.2, -0.15) is 0 Å². The largest absolute Gasteiger partial charge is 0.0776 e. The molecule has 0 aliphatic carbocycles. The lowest BCUT2D eigenvalue weighted by molar-refractivity contribution is 1.50. The Kier molecular flexibility index (Phi) is 0. The van der Waals surface area contributed by atoms with Crippen LogP contribution in [0.3, 0.4) is 0 Å². The Morgan fingerprint density at radius 1 is 0.0455 bits per heavy atom. The van der Waals surface area contributed by atoms with Gasteiger partial charge in [0, 0.05) is 0 Å². The molecule has 0 spiro atoms. The van der Waals surface area contributed by atoms with E-state index in [2.05, 4.69) is 0 Å². The number of hydrogen-bond acceptors (Lipinski definition) is 0. The molecule has 0 bridgehead atoms. The van der Waals surface area contributed by atoms with Crippen molar-refractivity contribution in [1.82, 2.24) is 0 Å². The molecule has 0 aliphatic rings. The van der Waals surface area contributed by atoms with Crippen LogP contribution in [0, 0.1) is 0 Å². The quantitative estimate of drug-likeness (QED) is 0.227. The first-order valence-corrected chi connectivity index (χ1v) is 6.00. The number of rotatable bonds is 0. The molecule has 0 amide bonds. The molecule has 0 aromatic carbocycles. The fourth-order valence-electron chi connectivity index (χ4n) is 0. The van der Waals surface area contributed by atoms with Crippen LogP contribution >= 0.6 is 0 Å². The summed E-state index contributed by atoms with van der Waals surface area (Å²) < 4.78 is 0. The third kappa shape index (κ3) is 0. The second-order valence-corrected chi connectivity index (χ2v) is 0. The van der Waals surface area contributed by atoms with Crippen LogP contribution in [0.2, 0.25) is 0 Å². The van der Waals surface area contributed by atoms with Gasteiger partial charge in [-0.15, -0.1) is 0 Å². The van der Waals surface area contributed by atoms with Gasteiger partial charge in [0.25, 0.3) is 0 Å². The molecule has 0 fully saturated rings. The molecule has 0 aromatic heterocycles. The molecule has 0 heteroatoms. The van der Waals surface area contributed by atoms with Gasteiger partial charge in [0.15, 0.2) is 0 Å². The third-order valence-corrected chi connectivity index (χ3v) is 0. The van der Waals surface area contributed by atoms with E-state index in [1.54, 1.807) is 0 Å². The Bertz CT molecular complexity index is 0. The lowest BCUT2D eigenvalue weighted by atomic mass is 11.0. The molecule has 0 rings (SSSR count). The summed E-state index contributed by atoms with van der Waals surface area (Å²) in [5, 5.41) is 0. The Labute approximate surface area is 482 Å². The predicted molar refractivity (Wildman–Crippen MR) is 432 cm³/mol. The molecule has 0 unspecified atom stereocenters. The second-order valence-electron chi connectivity index (χ2n) is 0. The standard InChI is InChI=1S/6C2H6.54CH4/c6*1-2;;;;;;;;;;;;;;;;;;;;;;;;;;;;;;;;;;;;;;;;;;;;;;;;;;;;;;/h6*1-2H3;54*1H4. The molecule has 0 aromatic rings. The van der Waals surface area contributed by atoms with Crippen LogP contribution < -0.4 is 0 Å². The van der Waals surface area contributed by atoms with Crippen LogP contribution in [0.15, 0.2) is 0 Å². The van der Waals surface area contributed by atoms with Crippen LogP contribution in [-0.2, 0) is 0 Å². The van der Waals surface area contributed by atoms with Gasteiger partial charge >= 0.3 is 0 Å². The van der Waals surface area contributed by atoms with E-state index < -0.39 is 0 Å². The average molecular weight is 1050 g/mol. The second kappa shape index (κ2) is 0. The third-order valence-electron chi connectivity index (χ3n) is 0. The predicted octanol–water partition coefficient (Wildman–Crippen LogP) is 40.5. The Hall–Kier alpha value is 0. The lowest BCUT2D eigenvalue weighted by Gasteiger charge is -1.07. The van der Waals surface area contributed by atoms with Crippen molar-refractivity contribution in [3.8, 4) is 0 Å². The van der Waals surface area contributed by atoms with Gasteiger partial charge in [-0.1, -0.05) is 484 Å². The highest BCUT2D eigenvalue weighted by molar-refractivity contribution is 3.51. The molecular formula is C66H252. The van der Waals surface area contributed by atoms with Crippen LogP contribution in [0.25, 0.3) is 0 Å². The monoisotopic (exact) mass is 1050 g/mol. The molecule has 66 heavy (non-hydrogen) atoms. The maximum atomic E-state index is 2.00. The summed E-state index contributed by atoms with van der Waals surface area (Å²) in [6.45, 7) is 24.0.